The summed E-state index contributed by atoms with van der Waals surface area (Å²) in [6.45, 7) is 15.2. The molecule has 1 saturated carbocycles. The molecule has 3 amide bonds. The van der Waals surface area contributed by atoms with E-state index in [1.54, 1.807) is 0 Å². The van der Waals surface area contributed by atoms with Gasteiger partial charge in [-0.25, -0.2) is 0 Å². The minimum absolute atomic E-state index is 0.0279. The van der Waals surface area contributed by atoms with Crippen LogP contribution in [0.15, 0.2) is 127 Å². The second-order valence-electron chi connectivity index (χ2n) is 24.8. The van der Waals surface area contributed by atoms with Crippen LogP contribution in [0.3, 0.4) is 0 Å². The zero-order chi connectivity index (χ0) is 51.5. The van der Waals surface area contributed by atoms with Crippen molar-refractivity contribution in [2.75, 3.05) is 65.4 Å². The molecule has 4 heterocycles. The van der Waals surface area contributed by atoms with Gasteiger partial charge in [0, 0.05) is 74.0 Å². The Morgan fingerprint density at radius 2 is 1.03 bits per heavy atom. The molecule has 5 fully saturated rings. The number of carbonyl (C=O) groups is 3. The molecule has 0 radical (unpaired) electrons. The zero-order valence-electron chi connectivity index (χ0n) is 45.3. The van der Waals surface area contributed by atoms with Gasteiger partial charge >= 0.3 is 0 Å². The van der Waals surface area contributed by atoms with E-state index in [1.165, 1.54) is 46.2 Å². The molecule has 8 nitrogen and oxygen atoms in total. The Bertz CT molecular complexity index is 2740. The van der Waals surface area contributed by atoms with Crippen LogP contribution in [0.2, 0.25) is 0 Å². The van der Waals surface area contributed by atoms with Crippen molar-refractivity contribution in [3.63, 3.8) is 0 Å². The number of hydrogen-bond acceptors (Lipinski definition) is 5. The first kappa shape index (κ1) is 51.5. The third-order valence-electron chi connectivity index (χ3n) is 18.7. The van der Waals surface area contributed by atoms with Gasteiger partial charge in [-0.3, -0.25) is 14.4 Å². The molecule has 0 unspecified atom stereocenters. The van der Waals surface area contributed by atoms with Gasteiger partial charge in [0.05, 0.1) is 0 Å². The van der Waals surface area contributed by atoms with Gasteiger partial charge in [-0.1, -0.05) is 134 Å². The lowest BCUT2D eigenvalue weighted by Crippen LogP contribution is -2.49. The van der Waals surface area contributed by atoms with E-state index in [0.29, 0.717) is 36.8 Å². The molecule has 75 heavy (non-hydrogen) atoms. The summed E-state index contributed by atoms with van der Waals surface area (Å²) >= 11 is 0. The van der Waals surface area contributed by atoms with Crippen LogP contribution in [-0.4, -0.2) is 108 Å². The lowest BCUT2D eigenvalue weighted by molar-refractivity contribution is -0.143. The predicted octanol–water partition coefficient (Wildman–Crippen LogP) is 12.1. The van der Waals surface area contributed by atoms with Crippen LogP contribution < -0.4 is 5.32 Å². The van der Waals surface area contributed by atoms with Crippen LogP contribution >= 0.6 is 0 Å². The van der Waals surface area contributed by atoms with Crippen molar-refractivity contribution < 1.29 is 14.4 Å². The highest BCUT2D eigenvalue weighted by Gasteiger charge is 2.44. The minimum Gasteiger partial charge on any atom is -0.351 e. The average Bonchev–Trinajstić information content (AvgIpc) is 4.07. The number of benzene rings is 5. The largest absolute Gasteiger partial charge is 0.351 e. The summed E-state index contributed by atoms with van der Waals surface area (Å²) in [5.41, 5.74) is 10.9. The minimum atomic E-state index is -0.347. The van der Waals surface area contributed by atoms with Gasteiger partial charge in [0.15, 0.2) is 0 Å². The summed E-state index contributed by atoms with van der Waals surface area (Å²) in [5.74, 6) is 2.09. The monoisotopic (exact) mass is 1010 g/mol. The van der Waals surface area contributed by atoms with Crippen LogP contribution in [0.25, 0.3) is 11.1 Å². The fourth-order valence-corrected chi connectivity index (χ4v) is 14.7. The van der Waals surface area contributed by atoms with Crippen LogP contribution in [0.5, 0.6) is 0 Å². The first-order chi connectivity index (χ1) is 36.5. The standard InChI is InChI=1S/C67H83N5O3/c1-67(2,3)68-64(73)59-28-15-16-29-60(59)65(74)71-44-57(42-70-36-32-50(33-37-70)48-20-9-5-10-21-48)63(46-71)54-26-17-25-52(38-54)55-39-53-24-13-14-27-58(53)61(40-55)66(75)72-43-56(62(45-72)51-22-11-6-12-23-51)41-69-34-30-49(31-35-69)47-18-7-4-8-19-47/h4-12,17-23,25-26,38-40,49-50,56-57,59-60,62-63H,13-16,24,27-37,41-46H2,1-3H3,(H,68,73)/t56-,57-,59-,60+,62+,63+/m0/s1. The summed E-state index contributed by atoms with van der Waals surface area (Å²) in [6, 6.07) is 46.8. The third kappa shape index (κ3) is 11.9. The average molecular weight is 1010 g/mol. The van der Waals surface area contributed by atoms with E-state index in [2.05, 4.69) is 152 Å². The van der Waals surface area contributed by atoms with Gasteiger partial charge in [-0.15, -0.1) is 0 Å². The molecule has 8 heteroatoms. The van der Waals surface area contributed by atoms with E-state index in [0.717, 1.165) is 133 Å². The van der Waals surface area contributed by atoms with Gasteiger partial charge in [0.25, 0.3) is 5.91 Å². The quantitative estimate of drug-likeness (QED) is 0.135. The summed E-state index contributed by atoms with van der Waals surface area (Å²) in [5, 5.41) is 3.23. The van der Waals surface area contributed by atoms with Crippen molar-refractivity contribution in [1.82, 2.24) is 24.9 Å². The molecule has 6 atom stereocenters. The lowest BCUT2D eigenvalue weighted by atomic mass is 9.77. The van der Waals surface area contributed by atoms with Gasteiger partial charge in [-0.05, 0) is 185 Å². The number of piperidine rings is 2. The number of hydrogen-bond donors (Lipinski definition) is 1. The highest BCUT2D eigenvalue weighted by Crippen LogP contribution is 2.42. The van der Waals surface area contributed by atoms with Crippen LogP contribution in [0.1, 0.15) is 152 Å². The number of nitrogens with one attached hydrogen (secondary N) is 1. The van der Waals surface area contributed by atoms with Gasteiger partial charge in [0.2, 0.25) is 11.8 Å². The number of likely N-dealkylation sites (tertiary alicyclic amines) is 4. The predicted molar refractivity (Wildman–Crippen MR) is 303 cm³/mol. The molecular weight excluding hydrogens is 923 g/mol. The molecule has 5 aromatic rings. The molecule has 2 aliphatic carbocycles. The Balaban J connectivity index is 0.849. The molecule has 6 aliphatic rings. The van der Waals surface area contributed by atoms with E-state index >= 15 is 4.79 Å². The second kappa shape index (κ2) is 23.0. The molecule has 4 saturated heterocycles. The van der Waals surface area contributed by atoms with Crippen molar-refractivity contribution in [3.05, 3.63) is 166 Å². The maximum Gasteiger partial charge on any atom is 0.254 e. The van der Waals surface area contributed by atoms with Crippen molar-refractivity contribution in [2.24, 2.45) is 23.7 Å². The molecule has 0 spiro atoms. The molecule has 1 N–H and O–H groups in total. The van der Waals surface area contributed by atoms with Gasteiger partial charge in [0.1, 0.15) is 0 Å². The maximum atomic E-state index is 15.3. The topological polar surface area (TPSA) is 76.2 Å². The normalized spacial score (nSPS) is 25.3. The van der Waals surface area contributed by atoms with E-state index in [1.807, 2.05) is 20.8 Å². The summed E-state index contributed by atoms with van der Waals surface area (Å²) in [6.07, 6.45) is 12.4. The highest BCUT2D eigenvalue weighted by molar-refractivity contribution is 5.98. The molecule has 0 bridgehead atoms. The first-order valence-corrected chi connectivity index (χ1v) is 29.3. The number of nitrogens with zero attached hydrogens (tertiary/aromatic N) is 4. The number of rotatable bonds is 12. The first-order valence-electron chi connectivity index (χ1n) is 29.3. The number of carbonyl (C=O) groups excluding carboxylic acids is 3. The fraction of sp³-hybridized carbons (Fsp3) is 0.507. The molecule has 4 aliphatic heterocycles. The van der Waals surface area contributed by atoms with Crippen LogP contribution in [-0.2, 0) is 22.4 Å². The maximum absolute atomic E-state index is 15.3. The molecular formula is C67H83N5O3. The number of aryl methyl sites for hydroxylation is 1. The Kier molecular flexibility index (Phi) is 15.8. The molecule has 394 valence electrons. The lowest BCUT2D eigenvalue weighted by Gasteiger charge is -2.35. The van der Waals surface area contributed by atoms with Crippen molar-refractivity contribution >= 4 is 17.7 Å². The van der Waals surface area contributed by atoms with E-state index in [4.69, 9.17) is 0 Å². The summed E-state index contributed by atoms with van der Waals surface area (Å²) < 4.78 is 0. The third-order valence-corrected chi connectivity index (χ3v) is 18.7. The van der Waals surface area contributed by atoms with Gasteiger partial charge in [-0.2, -0.15) is 0 Å². The molecule has 5 aromatic carbocycles. The molecule has 0 aromatic heterocycles. The second-order valence-corrected chi connectivity index (χ2v) is 24.8. The Morgan fingerprint density at radius 3 is 1.63 bits per heavy atom. The van der Waals surface area contributed by atoms with E-state index < -0.39 is 0 Å². The Morgan fingerprint density at radius 1 is 0.507 bits per heavy atom. The van der Waals surface area contributed by atoms with Crippen molar-refractivity contribution in [1.29, 1.82) is 0 Å². The SMILES string of the molecule is CC(C)(C)NC(=O)[C@H]1CCCC[C@H]1C(=O)N1C[C@H](CN2CCC(c3ccccc3)CC2)[C@@H](c2cccc(-c3cc4c(c(C(=O)N5C[C@H](CN6CCC(c7ccccc7)CC6)[C@@H](c6ccccc6)C5)c3)CCCC4)c2)C1. The van der Waals surface area contributed by atoms with Crippen LogP contribution in [0, 0.1) is 23.7 Å². The van der Waals surface area contributed by atoms with Crippen LogP contribution in [0.4, 0.5) is 0 Å². The highest BCUT2D eigenvalue weighted by atomic mass is 16.2. The summed E-state index contributed by atoms with van der Waals surface area (Å²) in [4.78, 5) is 53.7. The Labute approximate surface area is 448 Å². The number of amides is 3. The van der Waals surface area contributed by atoms with Crippen molar-refractivity contribution in [2.45, 2.75) is 127 Å². The smallest absolute Gasteiger partial charge is 0.254 e. The Hall–Kier alpha value is -5.57. The number of fused-ring (bicyclic) bond motifs is 1. The van der Waals surface area contributed by atoms with E-state index in [9.17, 15) is 9.59 Å². The van der Waals surface area contributed by atoms with E-state index in [-0.39, 0.29) is 46.9 Å². The van der Waals surface area contributed by atoms with Gasteiger partial charge < -0.3 is 24.9 Å². The summed E-state index contributed by atoms with van der Waals surface area (Å²) in [7, 11) is 0. The van der Waals surface area contributed by atoms with Crippen molar-refractivity contribution in [3.8, 4) is 11.1 Å². The molecule has 11 rings (SSSR count). The fourth-order valence-electron chi connectivity index (χ4n) is 14.7. The zero-order valence-corrected chi connectivity index (χ0v) is 45.3.